The van der Waals surface area contributed by atoms with Gasteiger partial charge in [0.05, 0.1) is 15.5 Å². The number of hydrogen-bond acceptors (Lipinski definition) is 5. The van der Waals surface area contributed by atoms with Crippen LogP contribution in [0.2, 0.25) is 5.02 Å². The Kier molecular flexibility index (Phi) is 6.23. The Morgan fingerprint density at radius 2 is 1.77 bits per heavy atom. The molecule has 1 amide bonds. The first-order valence-corrected chi connectivity index (χ1v) is 16.4. The molecule has 2 aromatic rings. The lowest BCUT2D eigenvalue weighted by molar-refractivity contribution is -0.159. The molecule has 0 unspecified atom stereocenters. The number of benzene rings is 2. The summed E-state index contributed by atoms with van der Waals surface area (Å²) in [5, 5.41) is 3.44. The smallest absolute Gasteiger partial charge is 0.249 e. The number of nitrogens with zero attached hydrogens (tertiary/aromatic N) is 3. The van der Waals surface area contributed by atoms with Gasteiger partial charge in [0.2, 0.25) is 21.9 Å². The Bertz CT molecular complexity index is 1620. The molecule has 4 aliphatic carbocycles. The summed E-state index contributed by atoms with van der Waals surface area (Å²) in [6.45, 7) is 4.61. The van der Waals surface area contributed by atoms with E-state index in [0.717, 1.165) is 0 Å². The molecule has 7 nitrogen and oxygen atoms in total. The Labute approximate surface area is 254 Å². The molecule has 12 heteroatoms. The van der Waals surface area contributed by atoms with Crippen molar-refractivity contribution in [2.24, 2.45) is 15.8 Å². The van der Waals surface area contributed by atoms with Crippen LogP contribution < -0.4 is 5.32 Å². The average molecular weight is 635 g/mol. The molecule has 2 bridgehead atoms. The normalized spacial score (nSPS) is 31.2. The number of halogens is 4. The number of amidine groups is 1. The van der Waals surface area contributed by atoms with Gasteiger partial charge in [-0.1, -0.05) is 35.9 Å². The topological polar surface area (TPSA) is 82.1 Å². The van der Waals surface area contributed by atoms with Gasteiger partial charge in [0, 0.05) is 48.8 Å². The molecule has 1 spiro atoms. The van der Waals surface area contributed by atoms with E-state index in [1.54, 1.807) is 41.3 Å². The Hall–Kier alpha value is -2.63. The van der Waals surface area contributed by atoms with Gasteiger partial charge in [-0.3, -0.25) is 9.79 Å². The summed E-state index contributed by atoms with van der Waals surface area (Å²) in [7, 11) is -3.92. The molecule has 0 radical (unpaired) electrons. The standard InChI is InChI=1S/C31H34ClF3N4O3S/c1-27(2)24(25(40)38-11-10-28(19-38)14-31(34,35)15-28)36-26(37-27)29-16-30(17-29,18-29)39(13-20-8-9-22(32)23(33)12-20)43(41,42)21-6-4-3-5-7-21/h3-9,12,24H,10-11,13-19H2,1-2H3,(H,36,37)/t24-,29?,30?/m0/s1. The van der Waals surface area contributed by atoms with Crippen LogP contribution in [0, 0.1) is 16.6 Å². The van der Waals surface area contributed by atoms with Gasteiger partial charge in [-0.25, -0.2) is 21.6 Å². The molecule has 5 fully saturated rings. The monoisotopic (exact) mass is 634 g/mol. The van der Waals surface area contributed by atoms with Gasteiger partial charge in [0.25, 0.3) is 0 Å². The van der Waals surface area contributed by atoms with Crippen LogP contribution >= 0.6 is 11.6 Å². The minimum Gasteiger partial charge on any atom is -0.366 e. The zero-order valence-corrected chi connectivity index (χ0v) is 25.6. The highest BCUT2D eigenvalue weighted by Crippen LogP contribution is 2.71. The summed E-state index contributed by atoms with van der Waals surface area (Å²) in [5.41, 5.74) is -1.72. The van der Waals surface area contributed by atoms with Crippen LogP contribution in [0.4, 0.5) is 13.2 Å². The zero-order chi connectivity index (χ0) is 30.6. The summed E-state index contributed by atoms with van der Waals surface area (Å²) < 4.78 is 71.0. The van der Waals surface area contributed by atoms with Gasteiger partial charge in [-0.15, -0.1) is 0 Å². The van der Waals surface area contributed by atoms with Gasteiger partial charge < -0.3 is 10.2 Å². The van der Waals surface area contributed by atoms with Gasteiger partial charge >= 0.3 is 0 Å². The van der Waals surface area contributed by atoms with Gasteiger partial charge in [0.1, 0.15) is 11.7 Å². The molecule has 2 aliphatic heterocycles. The number of rotatable bonds is 7. The highest BCUT2D eigenvalue weighted by Gasteiger charge is 2.75. The lowest BCUT2D eigenvalue weighted by atomic mass is 9.38. The van der Waals surface area contributed by atoms with Crippen LogP contribution in [-0.2, 0) is 21.4 Å². The van der Waals surface area contributed by atoms with Gasteiger partial charge in [-0.2, -0.15) is 4.31 Å². The van der Waals surface area contributed by atoms with Crippen molar-refractivity contribution in [1.29, 1.82) is 0 Å². The third-order valence-electron chi connectivity index (χ3n) is 10.3. The fraction of sp³-hybridized carbons (Fsp3) is 0.548. The number of amides is 1. The number of carbonyl (C=O) groups excluding carboxylic acids is 1. The molecule has 8 rings (SSSR count). The second-order valence-corrected chi connectivity index (χ2v) is 16.3. The first-order chi connectivity index (χ1) is 20.1. The molecular weight excluding hydrogens is 601 g/mol. The maximum Gasteiger partial charge on any atom is 0.249 e. The molecule has 1 N–H and O–H groups in total. The molecule has 230 valence electrons. The fourth-order valence-electron chi connectivity index (χ4n) is 8.24. The van der Waals surface area contributed by atoms with E-state index in [9.17, 15) is 26.4 Å². The van der Waals surface area contributed by atoms with Crippen molar-refractivity contribution in [3.63, 3.8) is 0 Å². The summed E-state index contributed by atoms with van der Waals surface area (Å²) in [6, 6.07) is 11.8. The summed E-state index contributed by atoms with van der Waals surface area (Å²) in [6.07, 6.45) is 1.81. The van der Waals surface area contributed by atoms with E-state index in [2.05, 4.69) is 5.32 Å². The second-order valence-electron chi connectivity index (χ2n) is 14.1. The van der Waals surface area contributed by atoms with E-state index in [1.807, 2.05) is 13.8 Å². The van der Waals surface area contributed by atoms with Crippen LogP contribution in [0.15, 0.2) is 58.4 Å². The predicted octanol–water partition coefficient (Wildman–Crippen LogP) is 5.39. The van der Waals surface area contributed by atoms with Crippen LogP contribution in [0.3, 0.4) is 0 Å². The summed E-state index contributed by atoms with van der Waals surface area (Å²) >= 11 is 5.88. The number of nitrogens with one attached hydrogen (secondary N) is 1. The number of likely N-dealkylation sites (tertiary alicyclic amines) is 1. The van der Waals surface area contributed by atoms with Crippen LogP contribution in [0.5, 0.6) is 0 Å². The molecule has 6 aliphatic rings. The zero-order valence-electron chi connectivity index (χ0n) is 24.0. The van der Waals surface area contributed by atoms with Crippen LogP contribution in [0.25, 0.3) is 0 Å². The average Bonchev–Trinajstić information content (AvgIpc) is 3.44. The van der Waals surface area contributed by atoms with Gasteiger partial charge in [-0.05, 0) is 69.4 Å². The summed E-state index contributed by atoms with van der Waals surface area (Å²) in [5.74, 6) is -2.69. The molecule has 2 aromatic carbocycles. The van der Waals surface area contributed by atoms with E-state index in [1.165, 1.54) is 16.4 Å². The fourth-order valence-corrected chi connectivity index (χ4v) is 10.1. The third-order valence-corrected chi connectivity index (χ3v) is 12.6. The number of hydrogen-bond donors (Lipinski definition) is 1. The summed E-state index contributed by atoms with van der Waals surface area (Å²) in [4.78, 5) is 20.4. The van der Waals surface area contributed by atoms with E-state index >= 15 is 0 Å². The molecule has 43 heavy (non-hydrogen) atoms. The lowest BCUT2D eigenvalue weighted by Crippen LogP contribution is -2.78. The highest BCUT2D eigenvalue weighted by molar-refractivity contribution is 7.89. The third kappa shape index (κ3) is 4.51. The Morgan fingerprint density at radius 3 is 2.40 bits per heavy atom. The predicted molar refractivity (Wildman–Crippen MR) is 156 cm³/mol. The van der Waals surface area contributed by atoms with E-state index in [-0.39, 0.29) is 40.6 Å². The number of alkyl halides is 2. The minimum atomic E-state index is -3.92. The number of sulfonamides is 1. The van der Waals surface area contributed by atoms with E-state index < -0.39 is 44.3 Å². The molecule has 1 atom stereocenters. The van der Waals surface area contributed by atoms with Crippen molar-refractivity contribution in [3.8, 4) is 0 Å². The van der Waals surface area contributed by atoms with Crippen molar-refractivity contribution in [3.05, 3.63) is 64.9 Å². The molecule has 4 saturated carbocycles. The maximum absolute atomic E-state index is 14.3. The first-order valence-electron chi connectivity index (χ1n) is 14.6. The van der Waals surface area contributed by atoms with Gasteiger partial charge in [0.15, 0.2) is 6.04 Å². The lowest BCUT2D eigenvalue weighted by Gasteiger charge is -2.73. The van der Waals surface area contributed by atoms with Crippen LogP contribution in [-0.4, -0.2) is 65.5 Å². The SMILES string of the molecule is CC1(C)NC(C23CC(N(Cc4ccc(Cl)c(F)c4)S(=O)(=O)c4ccccc4)(C2)C3)=N[C@H]1C(=O)N1CCC2(C1)CC(F)(F)C2. The van der Waals surface area contributed by atoms with Crippen molar-refractivity contribution in [2.75, 3.05) is 13.1 Å². The second kappa shape index (κ2) is 9.20. The minimum absolute atomic E-state index is 0.0103. The maximum atomic E-state index is 14.3. The van der Waals surface area contributed by atoms with Crippen LogP contribution in [0.1, 0.15) is 57.9 Å². The number of carbonyl (C=O) groups is 1. The molecular formula is C31H34ClF3N4O3S. The Balaban J connectivity index is 1.11. The van der Waals surface area contributed by atoms with Crippen molar-refractivity contribution >= 4 is 33.4 Å². The first kappa shape index (κ1) is 29.1. The largest absolute Gasteiger partial charge is 0.366 e. The molecule has 0 aromatic heterocycles. The number of aliphatic imine (C=N–C) groups is 1. The van der Waals surface area contributed by atoms with E-state index in [0.29, 0.717) is 50.2 Å². The van der Waals surface area contributed by atoms with Crippen molar-refractivity contribution in [2.45, 2.75) is 86.9 Å². The van der Waals surface area contributed by atoms with Crippen molar-refractivity contribution in [1.82, 2.24) is 14.5 Å². The molecule has 2 heterocycles. The molecule has 1 saturated heterocycles. The Morgan fingerprint density at radius 1 is 1.09 bits per heavy atom. The quantitative estimate of drug-likeness (QED) is 0.443. The van der Waals surface area contributed by atoms with Crippen molar-refractivity contribution < 1.29 is 26.4 Å². The highest BCUT2D eigenvalue weighted by atomic mass is 35.5. The van der Waals surface area contributed by atoms with E-state index in [4.69, 9.17) is 16.6 Å².